The molecule has 2 aliphatic carbocycles. The fourth-order valence-corrected chi connectivity index (χ4v) is 2.70. The number of carboxylic acids is 1. The third kappa shape index (κ3) is 0.767. The van der Waals surface area contributed by atoms with E-state index in [4.69, 9.17) is 5.11 Å². The summed E-state index contributed by atoms with van der Waals surface area (Å²) in [5.41, 5.74) is 2.77. The summed E-state index contributed by atoms with van der Waals surface area (Å²) in [4.78, 5) is 13.7. The molecule has 0 bridgehead atoms. The SMILES string of the molecule is C[C@H]1[C@H]2Cc3[nH]c(C(=O)O)cc3[C@@H]12. The van der Waals surface area contributed by atoms with Gasteiger partial charge in [-0.3, -0.25) is 0 Å². The molecule has 2 N–H and O–H groups in total. The molecule has 0 aliphatic heterocycles. The number of aromatic nitrogens is 1. The number of nitrogens with one attached hydrogen (secondary N) is 1. The second-order valence-corrected chi connectivity index (χ2v) is 4.17. The molecule has 0 saturated heterocycles. The van der Waals surface area contributed by atoms with Gasteiger partial charge in [-0.1, -0.05) is 6.92 Å². The average Bonchev–Trinajstić information content (AvgIpc) is 2.49. The average molecular weight is 177 g/mol. The predicted octanol–water partition coefficient (Wildman–Crippen LogP) is 1.62. The minimum absolute atomic E-state index is 0.350. The van der Waals surface area contributed by atoms with Gasteiger partial charge in [-0.2, -0.15) is 0 Å². The van der Waals surface area contributed by atoms with Gasteiger partial charge < -0.3 is 10.1 Å². The lowest BCUT2D eigenvalue weighted by Crippen LogP contribution is -1.97. The summed E-state index contributed by atoms with van der Waals surface area (Å²) in [5, 5.41) is 8.78. The third-order valence-corrected chi connectivity index (χ3v) is 3.53. The quantitative estimate of drug-likeness (QED) is 0.684. The van der Waals surface area contributed by atoms with Crippen LogP contribution in [0.25, 0.3) is 0 Å². The highest BCUT2D eigenvalue weighted by Gasteiger charge is 2.53. The number of hydrogen-bond acceptors (Lipinski definition) is 1. The molecule has 1 fully saturated rings. The fourth-order valence-electron chi connectivity index (χ4n) is 2.70. The van der Waals surface area contributed by atoms with Crippen molar-refractivity contribution in [3.8, 4) is 0 Å². The number of aromatic amines is 1. The smallest absolute Gasteiger partial charge is 0.352 e. The highest BCUT2D eigenvalue weighted by atomic mass is 16.4. The molecule has 13 heavy (non-hydrogen) atoms. The minimum Gasteiger partial charge on any atom is -0.477 e. The van der Waals surface area contributed by atoms with Crippen molar-refractivity contribution >= 4 is 5.97 Å². The zero-order chi connectivity index (χ0) is 9.16. The van der Waals surface area contributed by atoms with Crippen LogP contribution in [0.4, 0.5) is 0 Å². The number of rotatable bonds is 1. The van der Waals surface area contributed by atoms with E-state index in [1.807, 2.05) is 6.07 Å². The second kappa shape index (κ2) is 1.97. The van der Waals surface area contributed by atoms with Crippen molar-refractivity contribution in [2.75, 3.05) is 0 Å². The molecule has 0 aromatic carbocycles. The molecule has 3 heteroatoms. The maximum atomic E-state index is 10.7. The van der Waals surface area contributed by atoms with Gasteiger partial charge in [-0.15, -0.1) is 0 Å². The summed E-state index contributed by atoms with van der Waals surface area (Å²) < 4.78 is 0. The van der Waals surface area contributed by atoms with Crippen LogP contribution in [0.2, 0.25) is 0 Å². The second-order valence-electron chi connectivity index (χ2n) is 4.17. The van der Waals surface area contributed by atoms with Gasteiger partial charge in [0.2, 0.25) is 0 Å². The summed E-state index contributed by atoms with van der Waals surface area (Å²) >= 11 is 0. The fraction of sp³-hybridized carbons (Fsp3) is 0.500. The van der Waals surface area contributed by atoms with E-state index in [1.54, 1.807) is 0 Å². The van der Waals surface area contributed by atoms with Crippen LogP contribution < -0.4 is 0 Å². The van der Waals surface area contributed by atoms with Crippen molar-refractivity contribution in [2.45, 2.75) is 19.3 Å². The third-order valence-electron chi connectivity index (χ3n) is 3.53. The zero-order valence-corrected chi connectivity index (χ0v) is 7.37. The molecule has 2 aliphatic rings. The van der Waals surface area contributed by atoms with Gasteiger partial charge in [0.05, 0.1) is 0 Å². The molecular weight excluding hydrogens is 166 g/mol. The van der Waals surface area contributed by atoms with Crippen molar-refractivity contribution in [2.24, 2.45) is 11.8 Å². The van der Waals surface area contributed by atoms with E-state index in [0.717, 1.165) is 24.0 Å². The monoisotopic (exact) mass is 177 g/mol. The Morgan fingerprint density at radius 1 is 1.69 bits per heavy atom. The summed E-state index contributed by atoms with van der Waals surface area (Å²) in [5.74, 6) is 1.37. The molecule has 1 saturated carbocycles. The Balaban J connectivity index is 2.03. The van der Waals surface area contributed by atoms with Crippen molar-refractivity contribution in [3.63, 3.8) is 0 Å². The molecule has 3 atom stereocenters. The van der Waals surface area contributed by atoms with Crippen molar-refractivity contribution < 1.29 is 9.90 Å². The normalized spacial score (nSPS) is 34.1. The topological polar surface area (TPSA) is 53.1 Å². The molecule has 0 spiro atoms. The molecule has 1 heterocycles. The van der Waals surface area contributed by atoms with Crippen LogP contribution in [-0.4, -0.2) is 16.1 Å². The van der Waals surface area contributed by atoms with Crippen LogP contribution in [-0.2, 0) is 6.42 Å². The lowest BCUT2D eigenvalue weighted by molar-refractivity contribution is 0.0691. The number of fused-ring (bicyclic) bond motifs is 3. The van der Waals surface area contributed by atoms with Gasteiger partial charge >= 0.3 is 5.97 Å². The molecule has 0 amide bonds. The van der Waals surface area contributed by atoms with Crippen LogP contribution in [0.15, 0.2) is 6.07 Å². The van der Waals surface area contributed by atoms with Gasteiger partial charge in [0.25, 0.3) is 0 Å². The largest absolute Gasteiger partial charge is 0.477 e. The Morgan fingerprint density at radius 3 is 3.15 bits per heavy atom. The molecule has 0 radical (unpaired) electrons. The van der Waals surface area contributed by atoms with E-state index in [0.29, 0.717) is 11.6 Å². The van der Waals surface area contributed by atoms with Crippen molar-refractivity contribution in [3.05, 3.63) is 23.0 Å². The van der Waals surface area contributed by atoms with E-state index in [2.05, 4.69) is 11.9 Å². The molecule has 0 unspecified atom stereocenters. The first kappa shape index (κ1) is 7.18. The summed E-state index contributed by atoms with van der Waals surface area (Å²) in [6.07, 6.45) is 1.05. The van der Waals surface area contributed by atoms with Crippen LogP contribution in [0, 0.1) is 11.8 Å². The molecule has 1 aromatic rings. The number of carboxylic acid groups (broad SMARTS) is 1. The molecular formula is C10H11NO2. The first-order chi connectivity index (χ1) is 6.18. The molecule has 68 valence electrons. The van der Waals surface area contributed by atoms with Crippen LogP contribution in [0.1, 0.15) is 34.6 Å². The van der Waals surface area contributed by atoms with Crippen LogP contribution in [0.5, 0.6) is 0 Å². The summed E-state index contributed by atoms with van der Waals surface area (Å²) in [6.45, 7) is 2.24. The maximum absolute atomic E-state index is 10.7. The standard InChI is InChI=1S/C10H11NO2/c1-4-5-2-7-6(9(4)5)3-8(11-7)10(12)13/h3-5,9,11H,2H2,1H3,(H,12,13)/t4-,5+,9-/m0/s1. The summed E-state index contributed by atoms with van der Waals surface area (Å²) in [6, 6.07) is 1.81. The lowest BCUT2D eigenvalue weighted by atomic mass is 10.1. The van der Waals surface area contributed by atoms with Gasteiger partial charge in [-0.05, 0) is 35.8 Å². The number of H-pyrrole nitrogens is 1. The van der Waals surface area contributed by atoms with E-state index < -0.39 is 5.97 Å². The Labute approximate surface area is 75.8 Å². The predicted molar refractivity (Wildman–Crippen MR) is 46.9 cm³/mol. The van der Waals surface area contributed by atoms with E-state index in [1.165, 1.54) is 5.56 Å². The Hall–Kier alpha value is -1.25. The van der Waals surface area contributed by atoms with Crippen molar-refractivity contribution in [1.82, 2.24) is 4.98 Å². The number of hydrogen-bond donors (Lipinski definition) is 2. The van der Waals surface area contributed by atoms with E-state index in [-0.39, 0.29) is 0 Å². The van der Waals surface area contributed by atoms with Gasteiger partial charge in [0.15, 0.2) is 0 Å². The first-order valence-electron chi connectivity index (χ1n) is 4.63. The Bertz CT molecular complexity index is 394. The number of carbonyl (C=O) groups is 1. The Kier molecular flexibility index (Phi) is 1.09. The highest BCUT2D eigenvalue weighted by Crippen LogP contribution is 2.61. The molecule has 3 rings (SSSR count). The number of aromatic carboxylic acids is 1. The van der Waals surface area contributed by atoms with E-state index in [9.17, 15) is 4.79 Å². The highest BCUT2D eigenvalue weighted by molar-refractivity contribution is 5.86. The van der Waals surface area contributed by atoms with Crippen LogP contribution >= 0.6 is 0 Å². The summed E-state index contributed by atoms with van der Waals surface area (Å²) in [7, 11) is 0. The van der Waals surface area contributed by atoms with Gasteiger partial charge in [-0.25, -0.2) is 4.79 Å². The Morgan fingerprint density at radius 2 is 2.46 bits per heavy atom. The zero-order valence-electron chi connectivity index (χ0n) is 7.37. The minimum atomic E-state index is -0.848. The van der Waals surface area contributed by atoms with Crippen LogP contribution in [0.3, 0.4) is 0 Å². The van der Waals surface area contributed by atoms with Crippen molar-refractivity contribution in [1.29, 1.82) is 0 Å². The first-order valence-corrected chi connectivity index (χ1v) is 4.63. The van der Waals surface area contributed by atoms with Gasteiger partial charge in [0, 0.05) is 5.69 Å². The maximum Gasteiger partial charge on any atom is 0.352 e. The molecule has 1 aromatic heterocycles. The molecule has 3 nitrogen and oxygen atoms in total. The lowest BCUT2D eigenvalue weighted by Gasteiger charge is -1.95. The van der Waals surface area contributed by atoms with E-state index >= 15 is 0 Å². The van der Waals surface area contributed by atoms with Gasteiger partial charge in [0.1, 0.15) is 5.69 Å².